The standard InChI is InChI=1S/C8H6FN2O.HI.Os/c1-12-6-4-7(9)11-8-5(6)2-3-10-8;;/h2-4H,1H3;1H;/q-1;;+1/p-1. The minimum atomic E-state index is -0.571. The van der Waals surface area contributed by atoms with Gasteiger partial charge >= 0.3 is 34.7 Å². The molecule has 0 atom stereocenters. The van der Waals surface area contributed by atoms with E-state index in [2.05, 4.69) is 29.6 Å². The molecule has 2 aromatic heterocycles. The molecule has 0 fully saturated rings. The van der Waals surface area contributed by atoms with Gasteiger partial charge in [-0.15, -0.1) is 0 Å². The molecule has 2 heterocycles. The number of methoxy groups -OCH3 is 1. The molecule has 77 valence electrons. The van der Waals surface area contributed by atoms with E-state index in [1.165, 1.54) is 13.2 Å². The Bertz CT molecular complexity index is 421. The van der Waals surface area contributed by atoms with Gasteiger partial charge in [-0.1, -0.05) is 12.3 Å². The summed E-state index contributed by atoms with van der Waals surface area (Å²) in [5, 5.41) is 0.735. The fourth-order valence-corrected chi connectivity index (χ4v) is 1.10. The number of fused-ring (bicyclic) bond motifs is 1. The molecule has 0 bridgehead atoms. The second-order valence-electron chi connectivity index (χ2n) is 2.33. The summed E-state index contributed by atoms with van der Waals surface area (Å²) in [4.78, 5) is 7.44. The molecule has 2 aromatic rings. The van der Waals surface area contributed by atoms with Crippen molar-refractivity contribution in [3.63, 3.8) is 0 Å². The Kier molecular flexibility index (Phi) is 4.76. The van der Waals surface area contributed by atoms with Crippen LogP contribution in [-0.4, -0.2) is 12.1 Å². The van der Waals surface area contributed by atoms with E-state index in [1.807, 2.05) is 15.1 Å². The van der Waals surface area contributed by atoms with Gasteiger partial charge in [0, 0.05) is 11.5 Å². The van der Waals surface area contributed by atoms with Crippen molar-refractivity contribution < 1.29 is 24.2 Å². The second-order valence-corrected chi connectivity index (χ2v) is 2.33. The maximum atomic E-state index is 12.7. The molecular weight excluding hydrogens is 476 g/mol. The van der Waals surface area contributed by atoms with Crippen molar-refractivity contribution >= 4 is 30.7 Å². The van der Waals surface area contributed by atoms with Crippen molar-refractivity contribution in [2.75, 3.05) is 7.11 Å². The summed E-state index contributed by atoms with van der Waals surface area (Å²) >= 11 is 4.01. The first-order chi connectivity index (χ1) is 6.81. The van der Waals surface area contributed by atoms with Gasteiger partial charge in [0.1, 0.15) is 11.7 Å². The SMILES string of the molecule is COc1cc(F)nc2[n-]ccc12.[I][Os]. The minimum absolute atomic E-state index is 0.381. The third kappa shape index (κ3) is 2.42. The zero-order valence-electron chi connectivity index (χ0n) is 7.14. The van der Waals surface area contributed by atoms with Gasteiger partial charge in [-0.25, -0.2) is 4.39 Å². The van der Waals surface area contributed by atoms with Crippen molar-refractivity contribution in [3.8, 4) is 5.75 Å². The predicted octanol–water partition coefficient (Wildman–Crippen LogP) is 2.22. The van der Waals surface area contributed by atoms with Crippen LogP contribution in [-0.2, 0) is 15.1 Å². The molecule has 3 nitrogen and oxygen atoms in total. The summed E-state index contributed by atoms with van der Waals surface area (Å²) < 4.78 is 17.7. The molecular formula is C8H6FIN2OOs-. The molecule has 0 saturated heterocycles. The molecule has 0 N–H and O–H groups in total. The molecule has 0 aliphatic carbocycles. The molecule has 2 rings (SSSR count). The number of rotatable bonds is 1. The second kappa shape index (κ2) is 5.61. The molecule has 0 aliphatic rings. The zero-order valence-corrected chi connectivity index (χ0v) is 11.8. The first-order valence-corrected chi connectivity index (χ1v) is 10.8. The first kappa shape index (κ1) is 11.9. The van der Waals surface area contributed by atoms with Gasteiger partial charge in [0.05, 0.1) is 7.11 Å². The molecule has 0 radical (unpaired) electrons. The van der Waals surface area contributed by atoms with Crippen molar-refractivity contribution in [1.82, 2.24) is 9.97 Å². The Balaban J connectivity index is 0.000000461. The summed E-state index contributed by atoms with van der Waals surface area (Å²) in [6.45, 7) is 0. The fraction of sp³-hybridized carbons (Fsp3) is 0.125. The quantitative estimate of drug-likeness (QED) is 0.462. The van der Waals surface area contributed by atoms with E-state index in [0.29, 0.717) is 11.4 Å². The summed E-state index contributed by atoms with van der Waals surface area (Å²) in [7, 11) is 1.49. The van der Waals surface area contributed by atoms with Crippen LogP contribution in [0.2, 0.25) is 0 Å². The Labute approximate surface area is 101 Å². The number of nitrogens with zero attached hydrogens (tertiary/aromatic N) is 2. The van der Waals surface area contributed by atoms with E-state index in [4.69, 9.17) is 4.74 Å². The van der Waals surface area contributed by atoms with Crippen LogP contribution in [0.5, 0.6) is 5.75 Å². The van der Waals surface area contributed by atoms with E-state index >= 15 is 0 Å². The molecule has 0 spiro atoms. The zero-order chi connectivity index (χ0) is 10.6. The molecule has 0 saturated carbocycles. The first-order valence-electron chi connectivity index (χ1n) is 3.56. The van der Waals surface area contributed by atoms with Crippen LogP contribution in [0, 0.1) is 5.95 Å². The third-order valence-corrected chi connectivity index (χ3v) is 1.63. The van der Waals surface area contributed by atoms with E-state index in [-0.39, 0.29) is 0 Å². The topological polar surface area (TPSA) is 36.2 Å². The van der Waals surface area contributed by atoms with Crippen LogP contribution < -0.4 is 9.72 Å². The van der Waals surface area contributed by atoms with Gasteiger partial charge in [-0.3, -0.25) is 0 Å². The number of ether oxygens (including phenoxy) is 1. The Morgan fingerprint density at radius 2 is 2.29 bits per heavy atom. The van der Waals surface area contributed by atoms with Gasteiger partial charge in [0.25, 0.3) is 0 Å². The van der Waals surface area contributed by atoms with E-state index in [0.717, 1.165) is 5.39 Å². The maximum absolute atomic E-state index is 12.7. The normalized spacial score (nSPS) is 9.43. The van der Waals surface area contributed by atoms with Gasteiger partial charge in [0.15, 0.2) is 0 Å². The molecule has 0 amide bonds. The van der Waals surface area contributed by atoms with Gasteiger partial charge < -0.3 is 14.7 Å². The Hall–Kier alpha value is -0.214. The average molecular weight is 482 g/mol. The van der Waals surface area contributed by atoms with Crippen LogP contribution in [0.3, 0.4) is 0 Å². The molecule has 0 aliphatic heterocycles. The van der Waals surface area contributed by atoms with Gasteiger partial charge in [-0.05, 0) is 5.65 Å². The van der Waals surface area contributed by atoms with Crippen molar-refractivity contribution in [3.05, 3.63) is 24.3 Å². The average Bonchev–Trinajstić information content (AvgIpc) is 2.67. The van der Waals surface area contributed by atoms with E-state index in [9.17, 15) is 4.39 Å². The van der Waals surface area contributed by atoms with Crippen LogP contribution in [0.4, 0.5) is 4.39 Å². The summed E-state index contributed by atoms with van der Waals surface area (Å²) in [6, 6.07) is 2.98. The Morgan fingerprint density at radius 3 is 2.93 bits per heavy atom. The number of aromatic nitrogens is 2. The van der Waals surface area contributed by atoms with E-state index in [1.54, 1.807) is 12.3 Å². The number of hydrogen-bond donors (Lipinski definition) is 0. The van der Waals surface area contributed by atoms with Crippen LogP contribution in [0.25, 0.3) is 11.0 Å². The van der Waals surface area contributed by atoms with Gasteiger partial charge in [-0.2, -0.15) is 0 Å². The van der Waals surface area contributed by atoms with E-state index < -0.39 is 5.95 Å². The summed E-state index contributed by atoms with van der Waals surface area (Å²) in [5.41, 5.74) is 0.381. The van der Waals surface area contributed by atoms with Gasteiger partial charge in [0.2, 0.25) is 0 Å². The number of pyridine rings is 1. The van der Waals surface area contributed by atoms with Crippen molar-refractivity contribution in [2.45, 2.75) is 0 Å². The molecule has 14 heavy (non-hydrogen) atoms. The summed E-state index contributed by atoms with van der Waals surface area (Å²) in [5.74, 6) is -0.104. The monoisotopic (exact) mass is 484 g/mol. The third-order valence-electron chi connectivity index (χ3n) is 1.63. The molecule has 0 unspecified atom stereocenters. The summed E-state index contributed by atoms with van der Waals surface area (Å²) in [6.07, 6.45) is 1.57. The fourth-order valence-electron chi connectivity index (χ4n) is 1.10. The van der Waals surface area contributed by atoms with Crippen molar-refractivity contribution in [2.24, 2.45) is 0 Å². The Morgan fingerprint density at radius 1 is 1.57 bits per heavy atom. The number of halogens is 2. The van der Waals surface area contributed by atoms with Crippen LogP contribution >= 0.6 is 19.7 Å². The van der Waals surface area contributed by atoms with Crippen molar-refractivity contribution in [1.29, 1.82) is 0 Å². The molecule has 6 heteroatoms. The van der Waals surface area contributed by atoms with Crippen LogP contribution in [0.1, 0.15) is 0 Å². The predicted molar refractivity (Wildman–Crippen MR) is 55.6 cm³/mol. The molecule has 0 aromatic carbocycles. The van der Waals surface area contributed by atoms with Crippen LogP contribution in [0.15, 0.2) is 18.3 Å². The number of hydrogen-bond acceptors (Lipinski definition) is 2.